The Balaban J connectivity index is 1.89. The lowest BCUT2D eigenvalue weighted by Gasteiger charge is -2.12. The van der Waals surface area contributed by atoms with Gasteiger partial charge in [0.15, 0.2) is 0 Å². The summed E-state index contributed by atoms with van der Waals surface area (Å²) in [7, 11) is -0.738. The van der Waals surface area contributed by atoms with E-state index in [1.54, 1.807) is 30.3 Å². The molecule has 2 heterocycles. The van der Waals surface area contributed by atoms with Crippen molar-refractivity contribution in [1.29, 1.82) is 0 Å². The Morgan fingerprint density at radius 1 is 1.12 bits per heavy atom. The maximum atomic E-state index is 12.7. The summed E-state index contributed by atoms with van der Waals surface area (Å²) in [5.41, 5.74) is 1.97. The van der Waals surface area contributed by atoms with E-state index in [2.05, 4.69) is 14.9 Å². The van der Waals surface area contributed by atoms with Gasteiger partial charge in [0.05, 0.1) is 24.8 Å². The van der Waals surface area contributed by atoms with E-state index in [1.165, 1.54) is 14.2 Å². The van der Waals surface area contributed by atoms with Crippen LogP contribution >= 0.6 is 11.3 Å². The fraction of sp³-hybridized carbons (Fsp3) is 0.188. The summed E-state index contributed by atoms with van der Waals surface area (Å²) in [5, 5.41) is 6.99. The molecular weight excluding hydrogens is 362 g/mol. The molecule has 0 amide bonds. The first-order chi connectivity index (χ1) is 11.9. The SMILES string of the molecule is COc1ccc(NS(=O)(=O)c2ccc(-c3cc(C)[nH]n3)s2)c(OC)c1. The van der Waals surface area contributed by atoms with E-state index in [9.17, 15) is 8.42 Å². The number of rotatable bonds is 6. The second-order valence-corrected chi connectivity index (χ2v) is 8.22. The molecule has 0 spiro atoms. The van der Waals surface area contributed by atoms with E-state index in [4.69, 9.17) is 9.47 Å². The second-order valence-electron chi connectivity index (χ2n) is 5.23. The van der Waals surface area contributed by atoms with Crippen molar-refractivity contribution in [1.82, 2.24) is 10.2 Å². The standard InChI is InChI=1S/C16H17N3O4S2/c1-10-8-13(18-17-10)15-6-7-16(24-15)25(20,21)19-12-5-4-11(22-2)9-14(12)23-3/h4-9,19H,1-3H3,(H,17,18). The van der Waals surface area contributed by atoms with Crippen molar-refractivity contribution in [3.63, 3.8) is 0 Å². The zero-order valence-corrected chi connectivity index (χ0v) is 15.5. The van der Waals surface area contributed by atoms with E-state index >= 15 is 0 Å². The van der Waals surface area contributed by atoms with Gasteiger partial charge in [-0.25, -0.2) is 8.42 Å². The zero-order chi connectivity index (χ0) is 18.0. The van der Waals surface area contributed by atoms with Crippen molar-refractivity contribution in [3.05, 3.63) is 42.1 Å². The highest BCUT2D eigenvalue weighted by molar-refractivity contribution is 7.94. The van der Waals surface area contributed by atoms with E-state index in [1.807, 2.05) is 13.0 Å². The van der Waals surface area contributed by atoms with Crippen LogP contribution in [0.3, 0.4) is 0 Å². The number of nitrogens with one attached hydrogen (secondary N) is 2. The van der Waals surface area contributed by atoms with Gasteiger partial charge in [0.2, 0.25) is 0 Å². The molecule has 7 nitrogen and oxygen atoms in total. The monoisotopic (exact) mass is 379 g/mol. The molecule has 3 rings (SSSR count). The van der Waals surface area contributed by atoms with E-state index < -0.39 is 10.0 Å². The molecule has 0 atom stereocenters. The van der Waals surface area contributed by atoms with E-state index in [0.29, 0.717) is 22.9 Å². The minimum absolute atomic E-state index is 0.195. The molecular formula is C16H17N3O4S2. The molecule has 0 saturated heterocycles. The number of anilines is 1. The average molecular weight is 379 g/mol. The van der Waals surface area contributed by atoms with Crippen molar-refractivity contribution < 1.29 is 17.9 Å². The lowest BCUT2D eigenvalue weighted by atomic mass is 10.3. The normalized spacial score (nSPS) is 11.3. The molecule has 0 fully saturated rings. The van der Waals surface area contributed by atoms with Crippen molar-refractivity contribution >= 4 is 27.0 Å². The minimum atomic E-state index is -3.74. The number of hydrogen-bond donors (Lipinski definition) is 2. The third kappa shape index (κ3) is 3.62. The largest absolute Gasteiger partial charge is 0.497 e. The van der Waals surface area contributed by atoms with Gasteiger partial charge in [-0.3, -0.25) is 9.82 Å². The van der Waals surface area contributed by atoms with Gasteiger partial charge in [-0.1, -0.05) is 0 Å². The fourth-order valence-electron chi connectivity index (χ4n) is 2.22. The van der Waals surface area contributed by atoms with Crippen LogP contribution in [0.4, 0.5) is 5.69 Å². The van der Waals surface area contributed by atoms with Gasteiger partial charge in [0.1, 0.15) is 21.4 Å². The Labute approximate surface area is 149 Å². The zero-order valence-electron chi connectivity index (χ0n) is 13.9. The molecule has 1 aromatic carbocycles. The molecule has 0 aliphatic carbocycles. The predicted octanol–water partition coefficient (Wildman–Crippen LogP) is 3.26. The summed E-state index contributed by atoms with van der Waals surface area (Å²) in [6, 6.07) is 10.0. The van der Waals surface area contributed by atoms with Crippen molar-refractivity contribution in [2.45, 2.75) is 11.1 Å². The first-order valence-corrected chi connectivity index (χ1v) is 9.60. The number of H-pyrrole nitrogens is 1. The molecule has 9 heteroatoms. The van der Waals surface area contributed by atoms with Crippen LogP contribution in [-0.4, -0.2) is 32.8 Å². The molecule has 3 aromatic rings. The van der Waals surface area contributed by atoms with Crippen molar-refractivity contribution in [2.24, 2.45) is 0 Å². The maximum absolute atomic E-state index is 12.7. The summed E-state index contributed by atoms with van der Waals surface area (Å²) in [4.78, 5) is 0.770. The van der Waals surface area contributed by atoms with Crippen LogP contribution in [-0.2, 0) is 10.0 Å². The van der Waals surface area contributed by atoms with Gasteiger partial charge in [-0.05, 0) is 37.3 Å². The Bertz CT molecular complexity index is 992. The number of benzene rings is 1. The number of methoxy groups -OCH3 is 2. The van der Waals surface area contributed by atoms with Crippen LogP contribution in [0.5, 0.6) is 11.5 Å². The van der Waals surface area contributed by atoms with Gasteiger partial charge in [0.25, 0.3) is 10.0 Å². The topological polar surface area (TPSA) is 93.3 Å². The highest BCUT2D eigenvalue weighted by Gasteiger charge is 2.20. The third-order valence-corrected chi connectivity index (χ3v) is 6.42. The summed E-state index contributed by atoms with van der Waals surface area (Å²) in [5.74, 6) is 0.953. The number of thiophene rings is 1. The number of aromatic amines is 1. The van der Waals surface area contributed by atoms with E-state index in [0.717, 1.165) is 21.9 Å². The second kappa shape index (κ2) is 6.77. The molecule has 0 saturated carbocycles. The number of aryl methyl sites for hydroxylation is 1. The van der Waals surface area contributed by atoms with Crippen LogP contribution in [0.15, 0.2) is 40.6 Å². The van der Waals surface area contributed by atoms with Crippen LogP contribution in [0, 0.1) is 6.92 Å². The summed E-state index contributed by atoms with van der Waals surface area (Å²) in [6.45, 7) is 1.89. The van der Waals surface area contributed by atoms with Gasteiger partial charge in [0, 0.05) is 11.8 Å². The lowest BCUT2D eigenvalue weighted by Crippen LogP contribution is -2.12. The average Bonchev–Trinajstić information content (AvgIpc) is 3.24. The molecule has 2 N–H and O–H groups in total. The van der Waals surface area contributed by atoms with Crippen LogP contribution in [0.2, 0.25) is 0 Å². The van der Waals surface area contributed by atoms with Gasteiger partial charge >= 0.3 is 0 Å². The fourth-order valence-corrected chi connectivity index (χ4v) is 4.56. The number of hydrogen-bond acceptors (Lipinski definition) is 6. The third-order valence-electron chi connectivity index (χ3n) is 3.46. The molecule has 2 aromatic heterocycles. The van der Waals surface area contributed by atoms with Crippen LogP contribution in [0.1, 0.15) is 5.69 Å². The first kappa shape index (κ1) is 17.3. The number of ether oxygens (including phenoxy) is 2. The Morgan fingerprint density at radius 3 is 2.56 bits per heavy atom. The lowest BCUT2D eigenvalue weighted by molar-refractivity contribution is 0.395. The molecule has 25 heavy (non-hydrogen) atoms. The molecule has 0 unspecified atom stereocenters. The molecule has 132 valence electrons. The molecule has 0 aliphatic heterocycles. The smallest absolute Gasteiger partial charge is 0.271 e. The van der Waals surface area contributed by atoms with Gasteiger partial charge < -0.3 is 9.47 Å². The van der Waals surface area contributed by atoms with Crippen molar-refractivity contribution in [2.75, 3.05) is 18.9 Å². The Morgan fingerprint density at radius 2 is 1.92 bits per heavy atom. The molecule has 0 radical (unpaired) electrons. The Hall–Kier alpha value is -2.52. The van der Waals surface area contributed by atoms with Gasteiger partial charge in [-0.2, -0.15) is 5.10 Å². The minimum Gasteiger partial charge on any atom is -0.497 e. The maximum Gasteiger partial charge on any atom is 0.271 e. The first-order valence-electron chi connectivity index (χ1n) is 7.30. The number of aromatic nitrogens is 2. The van der Waals surface area contributed by atoms with E-state index in [-0.39, 0.29) is 4.21 Å². The van der Waals surface area contributed by atoms with Crippen LogP contribution in [0.25, 0.3) is 10.6 Å². The highest BCUT2D eigenvalue weighted by atomic mass is 32.2. The predicted molar refractivity (Wildman–Crippen MR) is 97.0 cm³/mol. The van der Waals surface area contributed by atoms with Crippen LogP contribution < -0.4 is 14.2 Å². The van der Waals surface area contributed by atoms with Gasteiger partial charge in [-0.15, -0.1) is 11.3 Å². The highest BCUT2D eigenvalue weighted by Crippen LogP contribution is 2.34. The number of sulfonamides is 1. The summed E-state index contributed by atoms with van der Waals surface area (Å²) in [6.07, 6.45) is 0. The van der Waals surface area contributed by atoms with Crippen molar-refractivity contribution in [3.8, 4) is 22.1 Å². The Kier molecular flexibility index (Phi) is 4.69. The quantitative estimate of drug-likeness (QED) is 0.686. The molecule has 0 bridgehead atoms. The summed E-state index contributed by atoms with van der Waals surface area (Å²) < 4.78 is 38.4. The summed E-state index contributed by atoms with van der Waals surface area (Å²) >= 11 is 1.15. The number of nitrogens with zero attached hydrogens (tertiary/aromatic N) is 1. The molecule has 0 aliphatic rings.